The molecule has 3 rings (SSSR count). The Morgan fingerprint density at radius 2 is 1.65 bits per heavy atom. The summed E-state index contributed by atoms with van der Waals surface area (Å²) in [6.45, 7) is 0. The number of sulfone groups is 1. The highest BCUT2D eigenvalue weighted by atomic mass is 32.2. The maximum absolute atomic E-state index is 11.4. The van der Waals surface area contributed by atoms with Gasteiger partial charge in [-0.05, 0) is 30.3 Å². The smallest absolute Gasteiger partial charge is 0.175 e. The van der Waals surface area contributed by atoms with Crippen molar-refractivity contribution in [3.8, 4) is 11.4 Å². The minimum atomic E-state index is -3.18. The number of fused-ring (bicyclic) bond motifs is 1. The highest BCUT2D eigenvalue weighted by molar-refractivity contribution is 7.90. The minimum absolute atomic E-state index is 0.294. The maximum atomic E-state index is 11.4. The van der Waals surface area contributed by atoms with E-state index in [0.29, 0.717) is 10.7 Å². The van der Waals surface area contributed by atoms with Crippen molar-refractivity contribution in [2.75, 3.05) is 6.26 Å². The van der Waals surface area contributed by atoms with Crippen LogP contribution in [0.1, 0.15) is 0 Å². The van der Waals surface area contributed by atoms with Crippen LogP contribution >= 0.6 is 0 Å². The number of hydrogen-bond acceptors (Lipinski definition) is 4. The molecular formula is C15H12N2O2S. The van der Waals surface area contributed by atoms with Crippen LogP contribution in [0.15, 0.2) is 59.6 Å². The van der Waals surface area contributed by atoms with E-state index in [4.69, 9.17) is 0 Å². The first-order valence-electron chi connectivity index (χ1n) is 6.06. The lowest BCUT2D eigenvalue weighted by atomic mass is 10.2. The SMILES string of the molecule is CS(=O)(=O)c1ccc(-c2ncc3ccccc3n2)cc1. The molecule has 100 valence electrons. The molecular weight excluding hydrogens is 272 g/mol. The topological polar surface area (TPSA) is 59.9 Å². The van der Waals surface area contributed by atoms with Crippen LogP contribution in [-0.4, -0.2) is 24.6 Å². The Labute approximate surface area is 117 Å². The number of aromatic nitrogens is 2. The molecule has 1 aromatic heterocycles. The Hall–Kier alpha value is -2.27. The summed E-state index contributed by atoms with van der Waals surface area (Å²) >= 11 is 0. The number of para-hydroxylation sites is 1. The highest BCUT2D eigenvalue weighted by Gasteiger charge is 2.08. The summed E-state index contributed by atoms with van der Waals surface area (Å²) in [7, 11) is -3.18. The second-order valence-corrected chi connectivity index (χ2v) is 6.56. The zero-order chi connectivity index (χ0) is 14.2. The van der Waals surface area contributed by atoms with Crippen molar-refractivity contribution in [2.24, 2.45) is 0 Å². The molecule has 4 nitrogen and oxygen atoms in total. The van der Waals surface area contributed by atoms with Crippen LogP contribution in [0.3, 0.4) is 0 Å². The van der Waals surface area contributed by atoms with Gasteiger partial charge in [0.15, 0.2) is 15.7 Å². The summed E-state index contributed by atoms with van der Waals surface area (Å²) in [6, 6.07) is 14.3. The first kappa shape index (κ1) is 12.7. The molecule has 3 aromatic rings. The molecule has 0 aliphatic rings. The molecule has 0 unspecified atom stereocenters. The van der Waals surface area contributed by atoms with Crippen LogP contribution in [0.4, 0.5) is 0 Å². The van der Waals surface area contributed by atoms with Gasteiger partial charge in [0.1, 0.15) is 0 Å². The number of rotatable bonds is 2. The van der Waals surface area contributed by atoms with E-state index in [1.807, 2.05) is 24.3 Å². The van der Waals surface area contributed by atoms with E-state index >= 15 is 0 Å². The summed E-state index contributed by atoms with van der Waals surface area (Å²) in [4.78, 5) is 9.08. The zero-order valence-corrected chi connectivity index (χ0v) is 11.6. The third-order valence-electron chi connectivity index (χ3n) is 3.03. The molecule has 0 N–H and O–H groups in total. The standard InChI is InChI=1S/C15H12N2O2S/c1-20(18,19)13-8-6-11(7-9-13)15-16-10-12-4-2-3-5-14(12)17-15/h2-10H,1H3. The average Bonchev–Trinajstić information content (AvgIpc) is 2.46. The van der Waals surface area contributed by atoms with Gasteiger partial charge in [-0.15, -0.1) is 0 Å². The Kier molecular flexibility index (Phi) is 2.99. The second-order valence-electron chi connectivity index (χ2n) is 4.55. The van der Waals surface area contributed by atoms with E-state index in [-0.39, 0.29) is 0 Å². The maximum Gasteiger partial charge on any atom is 0.175 e. The van der Waals surface area contributed by atoms with Gasteiger partial charge in [-0.1, -0.05) is 18.2 Å². The van der Waals surface area contributed by atoms with Crippen molar-refractivity contribution in [1.82, 2.24) is 9.97 Å². The van der Waals surface area contributed by atoms with E-state index < -0.39 is 9.84 Å². The fourth-order valence-corrected chi connectivity index (χ4v) is 2.59. The summed E-state index contributed by atoms with van der Waals surface area (Å²) in [5.41, 5.74) is 1.66. The van der Waals surface area contributed by atoms with E-state index in [2.05, 4.69) is 9.97 Å². The van der Waals surface area contributed by atoms with Gasteiger partial charge in [0, 0.05) is 23.4 Å². The molecule has 1 heterocycles. The highest BCUT2D eigenvalue weighted by Crippen LogP contribution is 2.20. The van der Waals surface area contributed by atoms with Crippen LogP contribution < -0.4 is 0 Å². The van der Waals surface area contributed by atoms with Gasteiger partial charge in [-0.3, -0.25) is 0 Å². The molecule has 0 amide bonds. The van der Waals surface area contributed by atoms with Crippen LogP contribution in [0.25, 0.3) is 22.3 Å². The number of hydrogen-bond donors (Lipinski definition) is 0. The van der Waals surface area contributed by atoms with Crippen LogP contribution in [-0.2, 0) is 9.84 Å². The van der Waals surface area contributed by atoms with Crippen LogP contribution in [0.2, 0.25) is 0 Å². The van der Waals surface area contributed by atoms with Crippen molar-refractivity contribution in [3.05, 3.63) is 54.7 Å². The number of nitrogens with zero attached hydrogens (tertiary/aromatic N) is 2. The average molecular weight is 284 g/mol. The lowest BCUT2D eigenvalue weighted by Gasteiger charge is -2.03. The Bertz CT molecular complexity index is 872. The molecule has 0 bridgehead atoms. The predicted molar refractivity (Wildman–Crippen MR) is 78.1 cm³/mol. The molecule has 2 aromatic carbocycles. The molecule has 0 saturated heterocycles. The van der Waals surface area contributed by atoms with E-state index in [9.17, 15) is 8.42 Å². The number of benzene rings is 2. The largest absolute Gasteiger partial charge is 0.236 e. The molecule has 20 heavy (non-hydrogen) atoms. The lowest BCUT2D eigenvalue weighted by Crippen LogP contribution is -1.97. The van der Waals surface area contributed by atoms with Gasteiger partial charge in [-0.25, -0.2) is 18.4 Å². The van der Waals surface area contributed by atoms with E-state index in [1.165, 1.54) is 6.26 Å². The van der Waals surface area contributed by atoms with Gasteiger partial charge in [0.05, 0.1) is 10.4 Å². The van der Waals surface area contributed by atoms with Gasteiger partial charge in [-0.2, -0.15) is 0 Å². The van der Waals surface area contributed by atoms with Crippen LogP contribution in [0, 0.1) is 0 Å². The Morgan fingerprint density at radius 3 is 2.35 bits per heavy atom. The molecule has 0 atom stereocenters. The predicted octanol–water partition coefficient (Wildman–Crippen LogP) is 2.70. The zero-order valence-electron chi connectivity index (χ0n) is 10.8. The third-order valence-corrected chi connectivity index (χ3v) is 4.16. The summed E-state index contributed by atoms with van der Waals surface area (Å²) < 4.78 is 22.8. The first-order chi connectivity index (χ1) is 9.54. The first-order valence-corrected chi connectivity index (χ1v) is 7.95. The molecule has 5 heteroatoms. The molecule has 0 spiro atoms. The molecule has 0 radical (unpaired) electrons. The van der Waals surface area contributed by atoms with E-state index in [0.717, 1.165) is 16.5 Å². The fraction of sp³-hybridized carbons (Fsp3) is 0.0667. The minimum Gasteiger partial charge on any atom is -0.236 e. The Balaban J connectivity index is 2.07. The van der Waals surface area contributed by atoms with E-state index in [1.54, 1.807) is 30.5 Å². The Morgan fingerprint density at radius 1 is 0.950 bits per heavy atom. The summed E-state index contributed by atoms with van der Waals surface area (Å²) in [5, 5.41) is 0.976. The van der Waals surface area contributed by atoms with Gasteiger partial charge < -0.3 is 0 Å². The van der Waals surface area contributed by atoms with Gasteiger partial charge in [0.2, 0.25) is 0 Å². The fourth-order valence-electron chi connectivity index (χ4n) is 1.96. The molecule has 0 fully saturated rings. The lowest BCUT2D eigenvalue weighted by molar-refractivity contribution is 0.602. The quantitative estimate of drug-likeness (QED) is 0.726. The van der Waals surface area contributed by atoms with Crippen molar-refractivity contribution < 1.29 is 8.42 Å². The third kappa shape index (κ3) is 2.40. The summed E-state index contributed by atoms with van der Waals surface area (Å²) in [6.07, 6.45) is 2.96. The molecule has 0 saturated carbocycles. The summed E-state index contributed by atoms with van der Waals surface area (Å²) in [5.74, 6) is 0.587. The molecule has 0 aliphatic carbocycles. The van der Waals surface area contributed by atoms with Gasteiger partial charge in [0.25, 0.3) is 0 Å². The molecule has 0 aliphatic heterocycles. The van der Waals surface area contributed by atoms with Crippen molar-refractivity contribution in [3.63, 3.8) is 0 Å². The normalized spacial score (nSPS) is 11.7. The van der Waals surface area contributed by atoms with Crippen LogP contribution in [0.5, 0.6) is 0 Å². The van der Waals surface area contributed by atoms with Crippen molar-refractivity contribution in [2.45, 2.75) is 4.90 Å². The second kappa shape index (κ2) is 4.68. The van der Waals surface area contributed by atoms with Crippen molar-refractivity contribution >= 4 is 20.7 Å². The van der Waals surface area contributed by atoms with Gasteiger partial charge >= 0.3 is 0 Å². The van der Waals surface area contributed by atoms with Crippen molar-refractivity contribution in [1.29, 1.82) is 0 Å². The monoisotopic (exact) mass is 284 g/mol.